The number of carboxylic acid groups (broad SMARTS) is 1. The van der Waals surface area contributed by atoms with E-state index in [1.54, 1.807) is 50.4 Å². The van der Waals surface area contributed by atoms with Gasteiger partial charge in [0, 0.05) is 30.9 Å². The van der Waals surface area contributed by atoms with Crippen LogP contribution in [0.2, 0.25) is 5.02 Å². The molecule has 2 aromatic carbocycles. The number of urea groups is 1. The van der Waals surface area contributed by atoms with E-state index in [0.717, 1.165) is 0 Å². The molecule has 9 heteroatoms. The van der Waals surface area contributed by atoms with E-state index >= 15 is 0 Å². The third-order valence-electron chi connectivity index (χ3n) is 5.36. The van der Waals surface area contributed by atoms with E-state index in [0.29, 0.717) is 35.0 Å². The van der Waals surface area contributed by atoms with Crippen LogP contribution in [-0.2, 0) is 9.59 Å². The molecule has 0 radical (unpaired) electrons. The third-order valence-corrected chi connectivity index (χ3v) is 5.60. The average Bonchev–Trinajstić information content (AvgIpc) is 2.78. The number of nitrogens with one attached hydrogen (secondary N) is 1. The minimum Gasteiger partial charge on any atom is -0.484 e. The number of aliphatic carboxylic acids is 1. The number of halogens is 1. The second-order valence-electron chi connectivity index (χ2n) is 7.70. The molecule has 0 saturated heterocycles. The molecule has 3 amide bonds. The highest BCUT2D eigenvalue weighted by molar-refractivity contribution is 6.30. The van der Waals surface area contributed by atoms with Crippen molar-refractivity contribution in [3.05, 3.63) is 76.5 Å². The summed E-state index contributed by atoms with van der Waals surface area (Å²) in [5, 5.41) is 12.9. The monoisotopic (exact) mass is 471 g/mol. The lowest BCUT2D eigenvalue weighted by Crippen LogP contribution is -2.49. The summed E-state index contributed by atoms with van der Waals surface area (Å²) in [5.41, 5.74) is 0.978. The molecule has 174 valence electrons. The highest BCUT2D eigenvalue weighted by atomic mass is 35.5. The van der Waals surface area contributed by atoms with Gasteiger partial charge in [-0.25, -0.2) is 9.59 Å². The number of likely N-dealkylation sites (N-methyl/N-ethyl adjacent to an activating group) is 1. The first-order valence-corrected chi connectivity index (χ1v) is 10.8. The maximum atomic E-state index is 12.8. The van der Waals surface area contributed by atoms with Crippen LogP contribution in [0.25, 0.3) is 0 Å². The molecule has 0 saturated carbocycles. The topological polar surface area (TPSA) is 99.2 Å². The van der Waals surface area contributed by atoms with Gasteiger partial charge in [0.15, 0.2) is 6.61 Å². The van der Waals surface area contributed by atoms with Gasteiger partial charge in [0.25, 0.3) is 5.91 Å². The molecule has 0 spiro atoms. The standard InChI is InChI=1S/C24H26ClN3O5/c1-16-21(23(30)31)22(17-8-6-9-18(25)14-17)28(24(32)26-16)13-7-12-27(2)20(29)15-33-19-10-4-3-5-11-19/h3-6,8-11,14,22H,7,12-13,15H2,1-2H3,(H,26,32)(H,30,31). The molecule has 1 unspecified atom stereocenters. The number of carboxylic acids is 1. The molecule has 3 rings (SSSR count). The number of benzene rings is 2. The number of ether oxygens (including phenoxy) is 1. The van der Waals surface area contributed by atoms with Crippen LogP contribution in [0.5, 0.6) is 5.75 Å². The third kappa shape index (κ3) is 6.04. The van der Waals surface area contributed by atoms with Gasteiger partial charge in [-0.2, -0.15) is 0 Å². The van der Waals surface area contributed by atoms with Crippen molar-refractivity contribution < 1.29 is 24.2 Å². The number of hydrogen-bond acceptors (Lipinski definition) is 4. The molecule has 0 aromatic heterocycles. The lowest BCUT2D eigenvalue weighted by Gasteiger charge is -2.37. The maximum Gasteiger partial charge on any atom is 0.335 e. The number of carbonyl (C=O) groups is 3. The van der Waals surface area contributed by atoms with Gasteiger partial charge >= 0.3 is 12.0 Å². The highest BCUT2D eigenvalue weighted by Gasteiger charge is 2.37. The number of carbonyl (C=O) groups excluding carboxylic acids is 2. The number of amides is 3. The quantitative estimate of drug-likeness (QED) is 0.581. The Labute approximate surface area is 197 Å². The van der Waals surface area contributed by atoms with Crippen molar-refractivity contribution in [2.24, 2.45) is 0 Å². The fourth-order valence-electron chi connectivity index (χ4n) is 3.68. The zero-order valence-corrected chi connectivity index (χ0v) is 19.2. The summed E-state index contributed by atoms with van der Waals surface area (Å²) in [7, 11) is 1.66. The van der Waals surface area contributed by atoms with E-state index in [9.17, 15) is 19.5 Å². The minimum absolute atomic E-state index is 0.0811. The summed E-state index contributed by atoms with van der Waals surface area (Å²) in [5.74, 6) is -0.708. The molecule has 8 nitrogen and oxygen atoms in total. The average molecular weight is 472 g/mol. The fraction of sp³-hybridized carbons (Fsp3) is 0.292. The summed E-state index contributed by atoms with van der Waals surface area (Å²) >= 11 is 6.13. The highest BCUT2D eigenvalue weighted by Crippen LogP contribution is 2.34. The molecule has 2 aromatic rings. The lowest BCUT2D eigenvalue weighted by atomic mass is 9.93. The summed E-state index contributed by atoms with van der Waals surface area (Å²) in [6, 6.07) is 14.7. The second kappa shape index (κ2) is 10.9. The van der Waals surface area contributed by atoms with Gasteiger partial charge in [-0.05, 0) is 43.2 Å². The molecule has 1 atom stereocenters. The van der Waals surface area contributed by atoms with Crippen LogP contribution in [0.3, 0.4) is 0 Å². The number of allylic oxidation sites excluding steroid dienone is 1. The Morgan fingerprint density at radius 1 is 1.18 bits per heavy atom. The van der Waals surface area contributed by atoms with Crippen LogP contribution in [-0.4, -0.2) is 59.6 Å². The largest absolute Gasteiger partial charge is 0.484 e. The van der Waals surface area contributed by atoms with Gasteiger partial charge in [-0.3, -0.25) is 4.79 Å². The van der Waals surface area contributed by atoms with Crippen LogP contribution in [0, 0.1) is 0 Å². The van der Waals surface area contributed by atoms with Crippen molar-refractivity contribution in [1.29, 1.82) is 0 Å². The molecule has 0 bridgehead atoms. The molecule has 1 aliphatic heterocycles. The van der Waals surface area contributed by atoms with Crippen molar-refractivity contribution in [1.82, 2.24) is 15.1 Å². The molecule has 0 aliphatic carbocycles. The number of para-hydroxylation sites is 1. The Bertz CT molecular complexity index is 1060. The molecule has 33 heavy (non-hydrogen) atoms. The summed E-state index contributed by atoms with van der Waals surface area (Å²) in [6.45, 7) is 2.08. The van der Waals surface area contributed by atoms with Gasteiger partial charge in [-0.15, -0.1) is 0 Å². The number of rotatable bonds is 9. The van der Waals surface area contributed by atoms with Crippen LogP contribution in [0.1, 0.15) is 24.9 Å². The fourth-order valence-corrected chi connectivity index (χ4v) is 3.88. The van der Waals surface area contributed by atoms with Crippen molar-refractivity contribution in [2.75, 3.05) is 26.7 Å². The van der Waals surface area contributed by atoms with Crippen LogP contribution >= 0.6 is 11.6 Å². The van der Waals surface area contributed by atoms with E-state index in [4.69, 9.17) is 16.3 Å². The first-order valence-electron chi connectivity index (χ1n) is 10.5. The van der Waals surface area contributed by atoms with E-state index < -0.39 is 18.0 Å². The smallest absolute Gasteiger partial charge is 0.335 e. The first-order chi connectivity index (χ1) is 15.8. The molecule has 2 N–H and O–H groups in total. The lowest BCUT2D eigenvalue weighted by molar-refractivity contribution is -0.133. The maximum absolute atomic E-state index is 12.8. The van der Waals surface area contributed by atoms with Gasteiger partial charge in [-0.1, -0.05) is 41.9 Å². The minimum atomic E-state index is -1.12. The van der Waals surface area contributed by atoms with E-state index in [1.807, 2.05) is 18.2 Å². The summed E-state index contributed by atoms with van der Waals surface area (Å²) in [6.07, 6.45) is 0.448. The van der Waals surface area contributed by atoms with Crippen LogP contribution in [0.15, 0.2) is 65.9 Å². The van der Waals surface area contributed by atoms with Crippen LogP contribution in [0.4, 0.5) is 4.79 Å². The van der Waals surface area contributed by atoms with Gasteiger partial charge in [0.05, 0.1) is 11.6 Å². The normalized spacial score (nSPS) is 15.8. The van der Waals surface area contributed by atoms with E-state index in [2.05, 4.69) is 5.32 Å². The molecular weight excluding hydrogens is 446 g/mol. The predicted octanol–water partition coefficient (Wildman–Crippen LogP) is 3.69. The van der Waals surface area contributed by atoms with Crippen molar-refractivity contribution in [3.8, 4) is 5.75 Å². The second-order valence-corrected chi connectivity index (χ2v) is 8.13. The molecular formula is C24H26ClN3O5. The SMILES string of the molecule is CC1=C(C(=O)O)C(c2cccc(Cl)c2)N(CCCN(C)C(=O)COc2ccccc2)C(=O)N1. The molecule has 0 fully saturated rings. The van der Waals surface area contributed by atoms with Crippen LogP contribution < -0.4 is 10.1 Å². The van der Waals surface area contributed by atoms with E-state index in [-0.39, 0.29) is 24.6 Å². The first kappa shape index (κ1) is 24.1. The number of hydrogen-bond donors (Lipinski definition) is 2. The van der Waals surface area contributed by atoms with Crippen molar-refractivity contribution >= 4 is 29.5 Å². The van der Waals surface area contributed by atoms with Gasteiger partial charge in [0.2, 0.25) is 0 Å². The molecule has 1 heterocycles. The summed E-state index contributed by atoms with van der Waals surface area (Å²) in [4.78, 5) is 40.1. The van der Waals surface area contributed by atoms with Gasteiger partial charge < -0.3 is 25.0 Å². The Kier molecular flexibility index (Phi) is 7.95. The number of nitrogens with zero attached hydrogens (tertiary/aromatic N) is 2. The zero-order chi connectivity index (χ0) is 24.0. The Balaban J connectivity index is 1.67. The van der Waals surface area contributed by atoms with E-state index in [1.165, 1.54) is 9.80 Å². The summed E-state index contributed by atoms with van der Waals surface area (Å²) < 4.78 is 5.49. The molecule has 1 aliphatic rings. The Morgan fingerprint density at radius 3 is 2.58 bits per heavy atom. The predicted molar refractivity (Wildman–Crippen MR) is 124 cm³/mol. The van der Waals surface area contributed by atoms with Crippen molar-refractivity contribution in [3.63, 3.8) is 0 Å². The zero-order valence-electron chi connectivity index (χ0n) is 18.5. The Morgan fingerprint density at radius 2 is 1.91 bits per heavy atom. The van der Waals surface area contributed by atoms with Gasteiger partial charge in [0.1, 0.15) is 5.75 Å². The van der Waals surface area contributed by atoms with Crippen molar-refractivity contribution in [2.45, 2.75) is 19.4 Å². The Hall–Kier alpha value is -3.52.